The van der Waals surface area contributed by atoms with Crippen molar-refractivity contribution < 1.29 is 4.79 Å². The minimum Gasteiger partial charge on any atom is -0.367 e. The molecule has 0 saturated carbocycles. The summed E-state index contributed by atoms with van der Waals surface area (Å²) in [5.41, 5.74) is 2.16. The average Bonchev–Trinajstić information content (AvgIpc) is 2.74. The van der Waals surface area contributed by atoms with E-state index >= 15 is 0 Å². The number of nitrogens with one attached hydrogen (secondary N) is 3. The van der Waals surface area contributed by atoms with Crippen molar-refractivity contribution >= 4 is 23.4 Å². The summed E-state index contributed by atoms with van der Waals surface area (Å²) in [6, 6.07) is 17.4. The summed E-state index contributed by atoms with van der Waals surface area (Å²) in [6.45, 7) is 5.11. The Morgan fingerprint density at radius 3 is 2.41 bits per heavy atom. The van der Waals surface area contributed by atoms with Crippen LogP contribution in [-0.2, 0) is 4.79 Å². The second kappa shape index (κ2) is 10.2. The molecule has 1 amide bonds. The summed E-state index contributed by atoms with van der Waals surface area (Å²) < 4.78 is 0. The number of amides is 1. The van der Waals surface area contributed by atoms with E-state index in [1.165, 1.54) is 0 Å². The highest BCUT2D eigenvalue weighted by atomic mass is 16.1. The van der Waals surface area contributed by atoms with E-state index in [1.807, 2.05) is 68.4 Å². The molecule has 2 aromatic heterocycles. The maximum Gasteiger partial charge on any atom is 0.227 e. The SMILES string of the molecule is CC[C@@H](C(=O)NCCNc1ccc(Nc2cc(C)ccn2)nn1)c1ccccc1. The molecule has 0 radical (unpaired) electrons. The fourth-order valence-corrected chi connectivity index (χ4v) is 2.99. The van der Waals surface area contributed by atoms with Gasteiger partial charge in [0.25, 0.3) is 0 Å². The van der Waals surface area contributed by atoms with E-state index in [9.17, 15) is 4.79 Å². The van der Waals surface area contributed by atoms with E-state index in [0.29, 0.717) is 24.7 Å². The number of aryl methyl sites for hydroxylation is 1. The normalized spacial score (nSPS) is 11.5. The first-order valence-corrected chi connectivity index (χ1v) is 9.75. The molecule has 150 valence electrons. The van der Waals surface area contributed by atoms with Crippen molar-refractivity contribution in [2.45, 2.75) is 26.2 Å². The van der Waals surface area contributed by atoms with E-state index in [0.717, 1.165) is 23.4 Å². The van der Waals surface area contributed by atoms with Gasteiger partial charge in [0.15, 0.2) is 5.82 Å². The lowest BCUT2D eigenvalue weighted by molar-refractivity contribution is -0.122. The molecule has 0 aliphatic heterocycles. The van der Waals surface area contributed by atoms with Gasteiger partial charge in [-0.15, -0.1) is 10.2 Å². The van der Waals surface area contributed by atoms with Gasteiger partial charge in [-0.1, -0.05) is 37.3 Å². The standard InChI is InChI=1S/C22H26N6O/c1-3-18(17-7-5-4-6-8-17)22(29)25-14-13-24-19-9-10-20(28-27-19)26-21-15-16(2)11-12-23-21/h4-12,15,18H,3,13-14H2,1-2H3,(H,24,27)(H,25,29)(H,23,26,28)/t18-/m1/s1. The number of aromatic nitrogens is 3. The molecule has 3 N–H and O–H groups in total. The van der Waals surface area contributed by atoms with Crippen LogP contribution in [0.2, 0.25) is 0 Å². The molecule has 0 unspecified atom stereocenters. The van der Waals surface area contributed by atoms with Crippen LogP contribution in [0.5, 0.6) is 0 Å². The van der Waals surface area contributed by atoms with Crippen molar-refractivity contribution in [3.8, 4) is 0 Å². The Morgan fingerprint density at radius 1 is 0.966 bits per heavy atom. The number of anilines is 3. The Labute approximate surface area is 171 Å². The van der Waals surface area contributed by atoms with Gasteiger partial charge in [-0.25, -0.2) is 4.98 Å². The lowest BCUT2D eigenvalue weighted by Gasteiger charge is -2.15. The molecular weight excluding hydrogens is 364 g/mol. The molecule has 0 aliphatic carbocycles. The molecule has 7 nitrogen and oxygen atoms in total. The van der Waals surface area contributed by atoms with Gasteiger partial charge in [-0.2, -0.15) is 0 Å². The molecule has 0 spiro atoms. The van der Waals surface area contributed by atoms with Crippen LogP contribution >= 0.6 is 0 Å². The lowest BCUT2D eigenvalue weighted by atomic mass is 9.96. The maximum atomic E-state index is 12.4. The monoisotopic (exact) mass is 390 g/mol. The molecule has 0 fully saturated rings. The smallest absolute Gasteiger partial charge is 0.227 e. The van der Waals surface area contributed by atoms with Crippen molar-refractivity contribution in [1.82, 2.24) is 20.5 Å². The molecular formula is C22H26N6O. The number of nitrogens with zero attached hydrogens (tertiary/aromatic N) is 3. The Bertz CT molecular complexity index is 914. The first-order valence-electron chi connectivity index (χ1n) is 9.75. The van der Waals surface area contributed by atoms with Crippen molar-refractivity contribution in [3.63, 3.8) is 0 Å². The van der Waals surface area contributed by atoms with E-state index < -0.39 is 0 Å². The zero-order chi connectivity index (χ0) is 20.5. The minimum absolute atomic E-state index is 0.0387. The van der Waals surface area contributed by atoms with Crippen LogP contribution in [0.3, 0.4) is 0 Å². The molecule has 29 heavy (non-hydrogen) atoms. The summed E-state index contributed by atoms with van der Waals surface area (Å²) in [5.74, 6) is 1.91. The number of carbonyl (C=O) groups excluding carboxylic acids is 1. The number of hydrogen-bond acceptors (Lipinski definition) is 6. The van der Waals surface area contributed by atoms with Gasteiger partial charge in [0.1, 0.15) is 11.6 Å². The second-order valence-corrected chi connectivity index (χ2v) is 6.74. The van der Waals surface area contributed by atoms with Crippen LogP contribution in [0.15, 0.2) is 60.8 Å². The molecule has 2 heterocycles. The molecule has 0 bridgehead atoms. The Morgan fingerprint density at radius 2 is 1.72 bits per heavy atom. The Hall–Kier alpha value is -3.48. The predicted molar refractivity (Wildman–Crippen MR) is 115 cm³/mol. The van der Waals surface area contributed by atoms with Crippen LogP contribution in [-0.4, -0.2) is 34.2 Å². The summed E-state index contributed by atoms with van der Waals surface area (Å²) >= 11 is 0. The number of hydrogen-bond donors (Lipinski definition) is 3. The third kappa shape index (κ3) is 6.00. The molecule has 0 saturated heterocycles. The highest BCUT2D eigenvalue weighted by molar-refractivity contribution is 5.83. The number of pyridine rings is 1. The van der Waals surface area contributed by atoms with Crippen LogP contribution in [0.25, 0.3) is 0 Å². The van der Waals surface area contributed by atoms with Gasteiger partial charge >= 0.3 is 0 Å². The summed E-state index contributed by atoms with van der Waals surface area (Å²) in [4.78, 5) is 16.7. The largest absolute Gasteiger partial charge is 0.367 e. The molecule has 7 heteroatoms. The van der Waals surface area contributed by atoms with E-state index in [4.69, 9.17) is 0 Å². The van der Waals surface area contributed by atoms with Crippen LogP contribution < -0.4 is 16.0 Å². The van der Waals surface area contributed by atoms with Crippen LogP contribution in [0.4, 0.5) is 17.5 Å². The first-order chi connectivity index (χ1) is 14.2. The molecule has 3 rings (SSSR count). The first kappa shape index (κ1) is 20.3. The van der Waals surface area contributed by atoms with Gasteiger partial charge in [0.05, 0.1) is 5.92 Å². The van der Waals surface area contributed by atoms with E-state index in [1.54, 1.807) is 6.20 Å². The predicted octanol–water partition coefficient (Wildman–Crippen LogP) is 3.65. The van der Waals surface area contributed by atoms with Crippen molar-refractivity contribution in [3.05, 3.63) is 71.9 Å². The maximum absolute atomic E-state index is 12.4. The lowest BCUT2D eigenvalue weighted by Crippen LogP contribution is -2.33. The summed E-state index contributed by atoms with van der Waals surface area (Å²) in [5, 5.41) is 17.6. The van der Waals surface area contributed by atoms with Gasteiger partial charge in [-0.3, -0.25) is 4.79 Å². The van der Waals surface area contributed by atoms with Crippen LogP contribution in [0.1, 0.15) is 30.4 Å². The minimum atomic E-state index is -0.128. The number of benzene rings is 1. The van der Waals surface area contributed by atoms with Gasteiger partial charge in [0.2, 0.25) is 5.91 Å². The van der Waals surface area contributed by atoms with Gasteiger partial charge in [-0.05, 0) is 48.7 Å². The Balaban J connectivity index is 1.44. The van der Waals surface area contributed by atoms with E-state index in [-0.39, 0.29) is 11.8 Å². The fourth-order valence-electron chi connectivity index (χ4n) is 2.99. The third-order valence-corrected chi connectivity index (χ3v) is 4.49. The quantitative estimate of drug-likeness (QED) is 0.483. The summed E-state index contributed by atoms with van der Waals surface area (Å²) in [7, 11) is 0. The van der Waals surface area contributed by atoms with Gasteiger partial charge < -0.3 is 16.0 Å². The second-order valence-electron chi connectivity index (χ2n) is 6.74. The molecule has 1 aromatic carbocycles. The zero-order valence-electron chi connectivity index (χ0n) is 16.7. The van der Waals surface area contributed by atoms with Crippen molar-refractivity contribution in [2.24, 2.45) is 0 Å². The Kier molecular flexibility index (Phi) is 7.10. The highest BCUT2D eigenvalue weighted by Gasteiger charge is 2.17. The molecule has 0 aliphatic rings. The average molecular weight is 390 g/mol. The topological polar surface area (TPSA) is 91.8 Å². The highest BCUT2D eigenvalue weighted by Crippen LogP contribution is 2.19. The fraction of sp³-hybridized carbons (Fsp3) is 0.273. The summed E-state index contributed by atoms with van der Waals surface area (Å²) in [6.07, 6.45) is 2.51. The number of carbonyl (C=O) groups is 1. The third-order valence-electron chi connectivity index (χ3n) is 4.49. The number of rotatable bonds is 9. The van der Waals surface area contributed by atoms with Crippen molar-refractivity contribution in [2.75, 3.05) is 23.7 Å². The molecule has 1 atom stereocenters. The van der Waals surface area contributed by atoms with Gasteiger partial charge in [0, 0.05) is 19.3 Å². The van der Waals surface area contributed by atoms with Crippen molar-refractivity contribution in [1.29, 1.82) is 0 Å². The zero-order valence-corrected chi connectivity index (χ0v) is 16.7. The van der Waals surface area contributed by atoms with E-state index in [2.05, 4.69) is 31.1 Å². The molecule has 3 aromatic rings. The van der Waals surface area contributed by atoms with Crippen LogP contribution in [0, 0.1) is 6.92 Å².